The van der Waals surface area contributed by atoms with Gasteiger partial charge >= 0.3 is 0 Å². The normalized spacial score (nSPS) is 14.2. The van der Waals surface area contributed by atoms with Gasteiger partial charge in [-0.15, -0.1) is 0 Å². The summed E-state index contributed by atoms with van der Waals surface area (Å²) < 4.78 is 5.38. The van der Waals surface area contributed by atoms with Crippen LogP contribution in [0.3, 0.4) is 0 Å². The lowest BCUT2D eigenvalue weighted by Crippen LogP contribution is -2.22. The minimum absolute atomic E-state index is 0.187. The average Bonchev–Trinajstić information content (AvgIpc) is 2.38. The number of hydrogen-bond donors (Lipinski definition) is 4. The molecule has 2 unspecified atom stereocenters. The molecular formula is C12H19NO4S. The van der Waals surface area contributed by atoms with E-state index < -0.39 is 12.2 Å². The van der Waals surface area contributed by atoms with Crippen molar-refractivity contribution in [3.8, 4) is 5.75 Å². The molecule has 1 rings (SSSR count). The second kappa shape index (κ2) is 8.20. The third kappa shape index (κ3) is 6.11. The van der Waals surface area contributed by atoms with E-state index in [4.69, 9.17) is 20.7 Å². The molecule has 2 atom stereocenters. The van der Waals surface area contributed by atoms with E-state index in [-0.39, 0.29) is 13.2 Å². The van der Waals surface area contributed by atoms with E-state index in [1.807, 2.05) is 0 Å². The van der Waals surface area contributed by atoms with Gasteiger partial charge in [-0.1, -0.05) is 0 Å². The summed E-state index contributed by atoms with van der Waals surface area (Å²) >= 11 is 1.37. The molecule has 0 heterocycles. The fourth-order valence-electron chi connectivity index (χ4n) is 1.20. The van der Waals surface area contributed by atoms with Crippen LogP contribution < -0.4 is 10.5 Å². The Hall–Kier alpha value is -0.950. The highest BCUT2D eigenvalue weighted by Gasteiger charge is 2.08. The highest BCUT2D eigenvalue weighted by Crippen LogP contribution is 2.14. The van der Waals surface area contributed by atoms with Gasteiger partial charge in [0.2, 0.25) is 0 Å². The van der Waals surface area contributed by atoms with Gasteiger partial charge in [-0.25, -0.2) is 0 Å². The summed E-state index contributed by atoms with van der Waals surface area (Å²) in [6.07, 6.45) is -1.35. The van der Waals surface area contributed by atoms with Crippen LogP contribution in [0, 0.1) is 0 Å². The van der Waals surface area contributed by atoms with Crippen LogP contribution >= 0.6 is 11.8 Å². The van der Waals surface area contributed by atoms with E-state index in [2.05, 4.69) is 0 Å². The first-order chi connectivity index (χ1) is 8.61. The summed E-state index contributed by atoms with van der Waals surface area (Å²) in [6.45, 7) is -0.0723. The maximum atomic E-state index is 9.64. The van der Waals surface area contributed by atoms with Crippen molar-refractivity contribution in [1.29, 1.82) is 0 Å². The number of ether oxygens (including phenoxy) is 1. The standard InChI is InChI=1S/C12H19NO4S/c13-9-1-3-12(4-2-9)17-6-11(16)8-18-7-10(15)5-14/h1-4,10-11,14-16H,5-8,13H2. The molecular weight excluding hydrogens is 254 g/mol. The lowest BCUT2D eigenvalue weighted by atomic mass is 10.3. The van der Waals surface area contributed by atoms with Gasteiger partial charge in [0.25, 0.3) is 0 Å². The van der Waals surface area contributed by atoms with Crippen molar-refractivity contribution in [3.63, 3.8) is 0 Å². The van der Waals surface area contributed by atoms with Crippen molar-refractivity contribution in [3.05, 3.63) is 24.3 Å². The number of thioether (sulfide) groups is 1. The molecule has 0 aliphatic rings. The molecule has 5 N–H and O–H groups in total. The Morgan fingerprint density at radius 1 is 1.11 bits per heavy atom. The second-order valence-electron chi connectivity index (χ2n) is 3.91. The maximum Gasteiger partial charge on any atom is 0.119 e. The van der Waals surface area contributed by atoms with Gasteiger partial charge in [-0.05, 0) is 24.3 Å². The van der Waals surface area contributed by atoms with Gasteiger partial charge in [0, 0.05) is 17.2 Å². The molecule has 18 heavy (non-hydrogen) atoms. The molecule has 0 amide bonds. The van der Waals surface area contributed by atoms with Crippen molar-refractivity contribution >= 4 is 17.4 Å². The van der Waals surface area contributed by atoms with E-state index in [9.17, 15) is 5.11 Å². The fraction of sp³-hybridized carbons (Fsp3) is 0.500. The Morgan fingerprint density at radius 2 is 1.72 bits per heavy atom. The second-order valence-corrected chi connectivity index (χ2v) is 4.98. The molecule has 0 radical (unpaired) electrons. The number of aliphatic hydroxyl groups excluding tert-OH is 3. The predicted molar refractivity (Wildman–Crippen MR) is 72.8 cm³/mol. The Bertz CT molecular complexity index is 333. The highest BCUT2D eigenvalue weighted by atomic mass is 32.2. The summed E-state index contributed by atoms with van der Waals surface area (Å²) in [4.78, 5) is 0. The Labute approximate surface area is 111 Å². The summed E-state index contributed by atoms with van der Waals surface area (Å²) in [7, 11) is 0. The minimum atomic E-state index is -0.736. The Balaban J connectivity index is 2.16. The van der Waals surface area contributed by atoms with Gasteiger partial charge in [0.1, 0.15) is 12.4 Å². The molecule has 5 nitrogen and oxygen atoms in total. The topological polar surface area (TPSA) is 95.9 Å². The molecule has 1 aromatic rings. The number of nitrogen functional groups attached to an aromatic ring is 1. The van der Waals surface area contributed by atoms with Gasteiger partial charge in [0.05, 0.1) is 18.8 Å². The van der Waals surface area contributed by atoms with Crippen molar-refractivity contribution in [2.24, 2.45) is 0 Å². The molecule has 102 valence electrons. The maximum absolute atomic E-state index is 9.64. The largest absolute Gasteiger partial charge is 0.491 e. The molecule has 0 aliphatic heterocycles. The van der Waals surface area contributed by atoms with Crippen LogP contribution in [0.2, 0.25) is 0 Å². The minimum Gasteiger partial charge on any atom is -0.491 e. The van der Waals surface area contributed by atoms with Crippen LogP contribution in [0.15, 0.2) is 24.3 Å². The number of hydrogen-bond acceptors (Lipinski definition) is 6. The molecule has 6 heteroatoms. The van der Waals surface area contributed by atoms with Crippen LogP contribution in [0.4, 0.5) is 5.69 Å². The first-order valence-corrected chi connectivity index (χ1v) is 6.80. The van der Waals surface area contributed by atoms with Gasteiger partial charge in [-0.3, -0.25) is 0 Å². The third-order valence-electron chi connectivity index (χ3n) is 2.15. The lowest BCUT2D eigenvalue weighted by Gasteiger charge is -2.13. The quantitative estimate of drug-likeness (QED) is 0.502. The van der Waals surface area contributed by atoms with Crippen molar-refractivity contribution in [2.45, 2.75) is 12.2 Å². The van der Waals surface area contributed by atoms with Gasteiger partial charge < -0.3 is 25.8 Å². The highest BCUT2D eigenvalue weighted by molar-refractivity contribution is 7.99. The molecule has 0 saturated carbocycles. The third-order valence-corrected chi connectivity index (χ3v) is 3.39. The summed E-state index contributed by atoms with van der Waals surface area (Å²) in [5.74, 6) is 1.50. The smallest absolute Gasteiger partial charge is 0.119 e. The van der Waals surface area contributed by atoms with E-state index in [1.54, 1.807) is 24.3 Å². The molecule has 0 aliphatic carbocycles. The first-order valence-electron chi connectivity index (χ1n) is 5.65. The van der Waals surface area contributed by atoms with Crippen molar-refractivity contribution in [2.75, 3.05) is 30.5 Å². The van der Waals surface area contributed by atoms with Crippen molar-refractivity contribution < 1.29 is 20.1 Å². The van der Waals surface area contributed by atoms with Crippen LogP contribution in [0.25, 0.3) is 0 Å². The van der Waals surface area contributed by atoms with Crippen LogP contribution in [0.5, 0.6) is 5.75 Å². The Morgan fingerprint density at radius 3 is 2.33 bits per heavy atom. The van der Waals surface area contributed by atoms with E-state index >= 15 is 0 Å². The summed E-state index contributed by atoms with van der Waals surface area (Å²) in [5.41, 5.74) is 6.20. The summed E-state index contributed by atoms with van der Waals surface area (Å²) in [5, 5.41) is 27.4. The average molecular weight is 273 g/mol. The molecule has 0 saturated heterocycles. The monoisotopic (exact) mass is 273 g/mol. The zero-order chi connectivity index (χ0) is 13.4. The number of rotatable bonds is 8. The zero-order valence-corrected chi connectivity index (χ0v) is 10.8. The fourth-order valence-corrected chi connectivity index (χ4v) is 2.08. The number of benzene rings is 1. The molecule has 1 aromatic carbocycles. The van der Waals surface area contributed by atoms with Crippen LogP contribution in [-0.4, -0.2) is 52.2 Å². The number of anilines is 1. The Kier molecular flexibility index (Phi) is 6.89. The molecule has 0 fully saturated rings. The molecule has 0 spiro atoms. The zero-order valence-electron chi connectivity index (χ0n) is 10.0. The van der Waals surface area contributed by atoms with Gasteiger partial charge in [-0.2, -0.15) is 11.8 Å². The lowest BCUT2D eigenvalue weighted by molar-refractivity contribution is 0.112. The number of nitrogens with two attached hydrogens (primary N) is 1. The summed E-state index contributed by atoms with van der Waals surface area (Å²) in [6, 6.07) is 6.94. The van der Waals surface area contributed by atoms with Gasteiger partial charge in [0.15, 0.2) is 0 Å². The van der Waals surface area contributed by atoms with Crippen LogP contribution in [0.1, 0.15) is 0 Å². The number of aliphatic hydroxyl groups is 3. The molecule has 0 bridgehead atoms. The van der Waals surface area contributed by atoms with Crippen molar-refractivity contribution in [1.82, 2.24) is 0 Å². The predicted octanol–water partition coefficient (Wildman–Crippen LogP) is 0.0949. The van der Waals surface area contributed by atoms with Crippen LogP contribution in [-0.2, 0) is 0 Å². The SMILES string of the molecule is Nc1ccc(OCC(O)CSCC(O)CO)cc1. The van der Waals surface area contributed by atoms with E-state index in [0.29, 0.717) is 22.9 Å². The molecule has 0 aromatic heterocycles. The van der Waals surface area contributed by atoms with E-state index in [1.165, 1.54) is 11.8 Å². The van der Waals surface area contributed by atoms with E-state index in [0.717, 1.165) is 0 Å². The first kappa shape index (κ1) is 15.1.